The first-order chi connectivity index (χ1) is 10.1. The van der Waals surface area contributed by atoms with Crippen LogP contribution >= 0.6 is 0 Å². The second kappa shape index (κ2) is 5.50. The maximum Gasteiger partial charge on any atom is 0.354 e. The Morgan fingerprint density at radius 3 is 2.86 bits per heavy atom. The van der Waals surface area contributed by atoms with Crippen LogP contribution in [0.4, 0.5) is 0 Å². The summed E-state index contributed by atoms with van der Waals surface area (Å²) in [6.45, 7) is 2.97. The molecule has 3 unspecified atom stereocenters. The van der Waals surface area contributed by atoms with Gasteiger partial charge in [0.05, 0.1) is 6.33 Å². The summed E-state index contributed by atoms with van der Waals surface area (Å²) >= 11 is 0. The van der Waals surface area contributed by atoms with Gasteiger partial charge in [-0.05, 0) is 31.1 Å². The molecule has 1 aromatic heterocycles. The highest BCUT2D eigenvalue weighted by molar-refractivity contribution is 6.02. The molecule has 0 spiro atoms. The summed E-state index contributed by atoms with van der Waals surface area (Å²) in [4.78, 5) is 32.2. The second-order valence-electron chi connectivity index (χ2n) is 6.21. The Morgan fingerprint density at radius 1 is 1.33 bits per heavy atom. The van der Waals surface area contributed by atoms with Crippen molar-refractivity contribution in [2.75, 3.05) is 6.54 Å². The Morgan fingerprint density at radius 2 is 2.10 bits per heavy atom. The van der Waals surface area contributed by atoms with Crippen LogP contribution in [0.1, 0.15) is 60.0 Å². The number of rotatable bonds is 2. The molecule has 3 rings (SSSR count). The first kappa shape index (κ1) is 14.1. The van der Waals surface area contributed by atoms with Gasteiger partial charge in [-0.15, -0.1) is 0 Å². The third-order valence-corrected chi connectivity index (χ3v) is 5.05. The van der Waals surface area contributed by atoms with E-state index in [9.17, 15) is 9.59 Å². The van der Waals surface area contributed by atoms with E-state index in [0.717, 1.165) is 19.3 Å². The van der Waals surface area contributed by atoms with E-state index >= 15 is 0 Å². The van der Waals surface area contributed by atoms with Crippen LogP contribution in [0.3, 0.4) is 0 Å². The van der Waals surface area contributed by atoms with Gasteiger partial charge in [0.2, 0.25) is 0 Å². The number of carbonyl (C=O) groups is 2. The van der Waals surface area contributed by atoms with Crippen LogP contribution in [0, 0.1) is 11.8 Å². The quantitative estimate of drug-likeness (QED) is 0.874. The minimum Gasteiger partial charge on any atom is -0.477 e. The van der Waals surface area contributed by atoms with E-state index in [-0.39, 0.29) is 23.3 Å². The number of carboxylic acids is 1. The maximum atomic E-state index is 12.7. The van der Waals surface area contributed by atoms with Crippen LogP contribution in [-0.2, 0) is 0 Å². The zero-order valence-corrected chi connectivity index (χ0v) is 12.2. The molecule has 2 fully saturated rings. The van der Waals surface area contributed by atoms with Crippen LogP contribution < -0.4 is 0 Å². The number of aromatic nitrogens is 2. The summed E-state index contributed by atoms with van der Waals surface area (Å²) in [5.41, 5.74) is -0.0626. The van der Waals surface area contributed by atoms with Crippen molar-refractivity contribution in [2.45, 2.75) is 45.1 Å². The SMILES string of the molecule is CC1CCN(C(=O)c2nc[nH]c2C(=O)O)C2CCCCC12. The number of H-pyrrole nitrogens is 1. The Kier molecular flexibility index (Phi) is 3.69. The van der Waals surface area contributed by atoms with Crippen LogP contribution in [0.25, 0.3) is 0 Å². The topological polar surface area (TPSA) is 86.3 Å². The van der Waals surface area contributed by atoms with Gasteiger partial charge in [0.15, 0.2) is 11.4 Å². The number of hydrogen-bond acceptors (Lipinski definition) is 3. The molecular weight excluding hydrogens is 270 g/mol. The molecule has 6 heteroatoms. The fourth-order valence-corrected chi connectivity index (χ4v) is 3.92. The van der Waals surface area contributed by atoms with Crippen molar-refractivity contribution < 1.29 is 14.7 Å². The standard InChI is InChI=1S/C15H21N3O3/c1-9-6-7-18(11-5-3-2-4-10(9)11)14(19)12-13(15(20)21)17-8-16-12/h8-11H,2-7H2,1H3,(H,16,17)(H,20,21). The van der Waals surface area contributed by atoms with Crippen molar-refractivity contribution >= 4 is 11.9 Å². The number of imidazole rings is 1. The molecule has 1 aromatic rings. The third kappa shape index (κ3) is 2.43. The third-order valence-electron chi connectivity index (χ3n) is 5.05. The van der Waals surface area contributed by atoms with Gasteiger partial charge in [-0.3, -0.25) is 4.79 Å². The number of fused-ring (bicyclic) bond motifs is 1. The van der Waals surface area contributed by atoms with Gasteiger partial charge < -0.3 is 15.0 Å². The van der Waals surface area contributed by atoms with Crippen molar-refractivity contribution in [1.82, 2.24) is 14.9 Å². The van der Waals surface area contributed by atoms with Crippen molar-refractivity contribution in [3.8, 4) is 0 Å². The first-order valence-electron chi connectivity index (χ1n) is 7.67. The number of carbonyl (C=O) groups excluding carboxylic acids is 1. The van der Waals surface area contributed by atoms with E-state index in [2.05, 4.69) is 16.9 Å². The number of aromatic amines is 1. The number of carboxylic acid groups (broad SMARTS) is 1. The molecular formula is C15H21N3O3. The molecule has 114 valence electrons. The lowest BCUT2D eigenvalue weighted by atomic mass is 9.72. The highest BCUT2D eigenvalue weighted by Gasteiger charge is 2.40. The van der Waals surface area contributed by atoms with Gasteiger partial charge in [0, 0.05) is 12.6 Å². The molecule has 0 radical (unpaired) electrons. The number of amides is 1. The monoisotopic (exact) mass is 291 g/mol. The molecule has 2 aliphatic rings. The lowest BCUT2D eigenvalue weighted by Gasteiger charge is -2.47. The van der Waals surface area contributed by atoms with Crippen molar-refractivity contribution in [2.24, 2.45) is 11.8 Å². The summed E-state index contributed by atoms with van der Waals surface area (Å²) in [5.74, 6) is -0.194. The summed E-state index contributed by atoms with van der Waals surface area (Å²) in [7, 11) is 0. The molecule has 1 amide bonds. The molecule has 21 heavy (non-hydrogen) atoms. The lowest BCUT2D eigenvalue weighted by molar-refractivity contribution is 0.0210. The highest BCUT2D eigenvalue weighted by atomic mass is 16.4. The van der Waals surface area contributed by atoms with Crippen LogP contribution in [0.15, 0.2) is 6.33 Å². The predicted octanol–water partition coefficient (Wildman–Crippen LogP) is 2.15. The first-order valence-corrected chi connectivity index (χ1v) is 7.67. The summed E-state index contributed by atoms with van der Waals surface area (Å²) in [5, 5.41) is 9.13. The van der Waals surface area contributed by atoms with E-state index in [1.54, 1.807) is 0 Å². The zero-order chi connectivity index (χ0) is 15.0. The van der Waals surface area contributed by atoms with Crippen molar-refractivity contribution in [3.63, 3.8) is 0 Å². The Balaban J connectivity index is 1.86. The summed E-state index contributed by atoms with van der Waals surface area (Å²) in [6.07, 6.45) is 6.83. The zero-order valence-electron chi connectivity index (χ0n) is 12.2. The molecule has 0 bridgehead atoms. The molecule has 6 nitrogen and oxygen atoms in total. The number of piperidine rings is 1. The van der Waals surface area contributed by atoms with Gasteiger partial charge in [0.1, 0.15) is 0 Å². The molecule has 1 aliphatic carbocycles. The number of aromatic carboxylic acids is 1. The van der Waals surface area contributed by atoms with Gasteiger partial charge in [-0.2, -0.15) is 0 Å². The van der Waals surface area contributed by atoms with Crippen LogP contribution in [0.5, 0.6) is 0 Å². The number of nitrogens with zero attached hydrogens (tertiary/aromatic N) is 2. The second-order valence-corrected chi connectivity index (χ2v) is 6.21. The summed E-state index contributed by atoms with van der Waals surface area (Å²) in [6, 6.07) is 0.244. The normalized spacial score (nSPS) is 29.0. The molecule has 1 saturated heterocycles. The van der Waals surface area contributed by atoms with Gasteiger partial charge in [0.25, 0.3) is 5.91 Å². The Hall–Kier alpha value is -1.85. The van der Waals surface area contributed by atoms with E-state index < -0.39 is 5.97 Å². The fraction of sp³-hybridized carbons (Fsp3) is 0.667. The minimum atomic E-state index is -1.14. The number of nitrogens with one attached hydrogen (secondary N) is 1. The number of likely N-dealkylation sites (tertiary alicyclic amines) is 1. The fourth-order valence-electron chi connectivity index (χ4n) is 3.92. The molecule has 1 aliphatic heterocycles. The van der Waals surface area contributed by atoms with E-state index in [1.807, 2.05) is 4.90 Å². The smallest absolute Gasteiger partial charge is 0.354 e. The van der Waals surface area contributed by atoms with E-state index in [1.165, 1.54) is 19.2 Å². The Bertz CT molecular complexity index is 554. The van der Waals surface area contributed by atoms with Gasteiger partial charge in [-0.25, -0.2) is 9.78 Å². The lowest BCUT2D eigenvalue weighted by Crippen LogP contribution is -2.52. The highest BCUT2D eigenvalue weighted by Crippen LogP contribution is 2.39. The maximum absolute atomic E-state index is 12.7. The van der Waals surface area contributed by atoms with E-state index in [4.69, 9.17) is 5.11 Å². The molecule has 3 atom stereocenters. The average Bonchev–Trinajstić information content (AvgIpc) is 2.97. The van der Waals surface area contributed by atoms with Gasteiger partial charge >= 0.3 is 5.97 Å². The van der Waals surface area contributed by atoms with Crippen molar-refractivity contribution in [1.29, 1.82) is 0 Å². The van der Waals surface area contributed by atoms with Crippen LogP contribution in [0.2, 0.25) is 0 Å². The average molecular weight is 291 g/mol. The Labute approximate surface area is 123 Å². The molecule has 2 heterocycles. The number of hydrogen-bond donors (Lipinski definition) is 2. The minimum absolute atomic E-state index is 0.0429. The van der Waals surface area contributed by atoms with Gasteiger partial charge in [-0.1, -0.05) is 19.8 Å². The largest absolute Gasteiger partial charge is 0.477 e. The predicted molar refractivity (Wildman–Crippen MR) is 76.1 cm³/mol. The summed E-state index contributed by atoms with van der Waals surface area (Å²) < 4.78 is 0. The van der Waals surface area contributed by atoms with Crippen LogP contribution in [-0.4, -0.2) is 44.4 Å². The van der Waals surface area contributed by atoms with Crippen molar-refractivity contribution in [3.05, 3.63) is 17.7 Å². The molecule has 1 saturated carbocycles. The molecule has 2 N–H and O–H groups in total. The molecule has 0 aromatic carbocycles. The van der Waals surface area contributed by atoms with E-state index in [0.29, 0.717) is 18.4 Å².